The first-order chi connectivity index (χ1) is 9.95. The van der Waals surface area contributed by atoms with Gasteiger partial charge in [-0.2, -0.15) is 13.2 Å². The fourth-order valence-corrected chi connectivity index (χ4v) is 2.55. The first-order valence-electron chi connectivity index (χ1n) is 7.20. The Morgan fingerprint density at radius 1 is 1.10 bits per heavy atom. The molecule has 2 amide bonds. The van der Waals surface area contributed by atoms with Crippen LogP contribution in [-0.2, 0) is 6.18 Å². The van der Waals surface area contributed by atoms with E-state index in [2.05, 4.69) is 10.6 Å². The fraction of sp³-hybridized carbons (Fsp3) is 0.533. The number of rotatable bonds is 2. The van der Waals surface area contributed by atoms with Gasteiger partial charge in [-0.25, -0.2) is 4.79 Å². The minimum absolute atomic E-state index is 0.110. The van der Waals surface area contributed by atoms with Gasteiger partial charge in [-0.05, 0) is 31.0 Å². The van der Waals surface area contributed by atoms with Gasteiger partial charge in [0.05, 0.1) is 5.56 Å². The third kappa shape index (κ3) is 4.95. The number of nitrogens with one attached hydrogen (secondary N) is 2. The SMILES string of the molecule is O=C(Nc1cccc(C(F)(F)F)c1)NC1CCCCCC1. The Morgan fingerprint density at radius 2 is 1.76 bits per heavy atom. The summed E-state index contributed by atoms with van der Waals surface area (Å²) in [7, 11) is 0. The standard InChI is InChI=1S/C15H19F3N2O/c16-15(17,18)11-6-5-9-13(10-11)20-14(21)19-12-7-3-1-2-4-8-12/h5-6,9-10,12H,1-4,7-8H2,(H2,19,20,21). The number of anilines is 1. The molecule has 1 aliphatic carbocycles. The molecule has 0 unspecified atom stereocenters. The van der Waals surface area contributed by atoms with E-state index < -0.39 is 17.8 Å². The molecule has 0 atom stereocenters. The molecule has 3 nitrogen and oxygen atoms in total. The summed E-state index contributed by atoms with van der Waals surface area (Å²) >= 11 is 0. The normalized spacial score (nSPS) is 17.1. The zero-order valence-electron chi connectivity index (χ0n) is 11.7. The lowest BCUT2D eigenvalue weighted by molar-refractivity contribution is -0.137. The van der Waals surface area contributed by atoms with Gasteiger partial charge in [0.1, 0.15) is 0 Å². The molecule has 1 fully saturated rings. The van der Waals surface area contributed by atoms with E-state index in [1.807, 2.05) is 0 Å². The molecule has 0 spiro atoms. The van der Waals surface area contributed by atoms with Gasteiger partial charge in [-0.15, -0.1) is 0 Å². The predicted molar refractivity (Wildman–Crippen MR) is 75.1 cm³/mol. The van der Waals surface area contributed by atoms with Crippen molar-refractivity contribution in [1.82, 2.24) is 5.32 Å². The van der Waals surface area contributed by atoms with Crippen LogP contribution in [0.25, 0.3) is 0 Å². The van der Waals surface area contributed by atoms with Gasteiger partial charge in [0.2, 0.25) is 0 Å². The van der Waals surface area contributed by atoms with Gasteiger partial charge >= 0.3 is 12.2 Å². The Morgan fingerprint density at radius 3 is 2.38 bits per heavy atom. The maximum Gasteiger partial charge on any atom is 0.416 e. The van der Waals surface area contributed by atoms with Crippen LogP contribution >= 0.6 is 0 Å². The molecule has 0 heterocycles. The Kier molecular flexibility index (Phi) is 5.09. The number of halogens is 3. The van der Waals surface area contributed by atoms with Gasteiger partial charge in [-0.1, -0.05) is 31.7 Å². The fourth-order valence-electron chi connectivity index (χ4n) is 2.55. The van der Waals surface area contributed by atoms with Crippen LogP contribution in [0.3, 0.4) is 0 Å². The third-order valence-electron chi connectivity index (χ3n) is 3.64. The lowest BCUT2D eigenvalue weighted by Gasteiger charge is -2.17. The van der Waals surface area contributed by atoms with Crippen molar-refractivity contribution in [2.24, 2.45) is 0 Å². The molecule has 0 saturated heterocycles. The van der Waals surface area contributed by atoms with Crippen LogP contribution in [0.1, 0.15) is 44.1 Å². The van der Waals surface area contributed by atoms with Crippen LogP contribution in [-0.4, -0.2) is 12.1 Å². The molecule has 1 aromatic carbocycles. The minimum atomic E-state index is -4.41. The van der Waals surface area contributed by atoms with Crippen molar-refractivity contribution in [2.45, 2.75) is 50.7 Å². The van der Waals surface area contributed by atoms with E-state index in [1.165, 1.54) is 25.0 Å². The van der Waals surface area contributed by atoms with Crippen LogP contribution in [0.4, 0.5) is 23.7 Å². The molecule has 0 bridgehead atoms. The number of carbonyl (C=O) groups is 1. The van der Waals surface area contributed by atoms with Gasteiger partial charge in [0.15, 0.2) is 0 Å². The van der Waals surface area contributed by atoms with Crippen molar-refractivity contribution in [3.05, 3.63) is 29.8 Å². The van der Waals surface area contributed by atoms with E-state index >= 15 is 0 Å². The smallest absolute Gasteiger partial charge is 0.335 e. The number of hydrogen-bond donors (Lipinski definition) is 2. The van der Waals surface area contributed by atoms with Crippen molar-refractivity contribution in [3.8, 4) is 0 Å². The van der Waals surface area contributed by atoms with E-state index in [1.54, 1.807) is 0 Å². The first kappa shape index (κ1) is 15.7. The van der Waals surface area contributed by atoms with E-state index in [0.717, 1.165) is 37.8 Å². The summed E-state index contributed by atoms with van der Waals surface area (Å²) in [5.74, 6) is 0. The number of urea groups is 1. The zero-order chi connectivity index (χ0) is 15.3. The van der Waals surface area contributed by atoms with Crippen LogP contribution in [0.2, 0.25) is 0 Å². The predicted octanol–water partition coefficient (Wildman–Crippen LogP) is 4.55. The summed E-state index contributed by atoms with van der Waals surface area (Å²) in [5.41, 5.74) is -0.620. The van der Waals surface area contributed by atoms with Crippen molar-refractivity contribution >= 4 is 11.7 Å². The van der Waals surface area contributed by atoms with E-state index in [-0.39, 0.29) is 11.7 Å². The van der Waals surface area contributed by atoms with Gasteiger partial charge < -0.3 is 10.6 Å². The lowest BCUT2D eigenvalue weighted by Crippen LogP contribution is -2.37. The Balaban J connectivity index is 1.93. The molecular formula is C15H19F3N2O. The minimum Gasteiger partial charge on any atom is -0.335 e. The quantitative estimate of drug-likeness (QED) is 0.773. The summed E-state index contributed by atoms with van der Waals surface area (Å²) in [6.07, 6.45) is 1.95. The lowest BCUT2D eigenvalue weighted by atomic mass is 10.1. The van der Waals surface area contributed by atoms with E-state index in [0.29, 0.717) is 0 Å². The molecule has 2 rings (SSSR count). The number of hydrogen-bond acceptors (Lipinski definition) is 1. The molecule has 1 aromatic rings. The first-order valence-corrected chi connectivity index (χ1v) is 7.20. The summed E-state index contributed by atoms with van der Waals surface area (Å²) in [5, 5.41) is 5.31. The molecule has 116 valence electrons. The highest BCUT2D eigenvalue weighted by molar-refractivity contribution is 5.89. The highest BCUT2D eigenvalue weighted by Crippen LogP contribution is 2.30. The van der Waals surface area contributed by atoms with Gasteiger partial charge in [-0.3, -0.25) is 0 Å². The van der Waals surface area contributed by atoms with E-state index in [9.17, 15) is 18.0 Å². The average molecular weight is 300 g/mol. The van der Waals surface area contributed by atoms with Gasteiger partial charge in [0.25, 0.3) is 0 Å². The second kappa shape index (κ2) is 6.83. The summed E-state index contributed by atoms with van der Waals surface area (Å²) in [4.78, 5) is 11.9. The Bertz CT molecular complexity index is 480. The third-order valence-corrected chi connectivity index (χ3v) is 3.64. The topological polar surface area (TPSA) is 41.1 Å². The molecule has 0 aliphatic heterocycles. The molecule has 6 heteroatoms. The maximum absolute atomic E-state index is 12.6. The van der Waals surface area contributed by atoms with Crippen LogP contribution in [0.15, 0.2) is 24.3 Å². The monoisotopic (exact) mass is 300 g/mol. The molecule has 2 N–H and O–H groups in total. The maximum atomic E-state index is 12.6. The Hall–Kier alpha value is -1.72. The number of amides is 2. The largest absolute Gasteiger partial charge is 0.416 e. The molecule has 1 aliphatic rings. The molecule has 21 heavy (non-hydrogen) atoms. The van der Waals surface area contributed by atoms with Crippen molar-refractivity contribution in [1.29, 1.82) is 0 Å². The molecule has 0 aromatic heterocycles. The van der Waals surface area contributed by atoms with Crippen molar-refractivity contribution < 1.29 is 18.0 Å². The van der Waals surface area contributed by atoms with Gasteiger partial charge in [0, 0.05) is 11.7 Å². The number of benzene rings is 1. The number of carbonyl (C=O) groups excluding carboxylic acids is 1. The van der Waals surface area contributed by atoms with E-state index in [4.69, 9.17) is 0 Å². The highest BCUT2D eigenvalue weighted by Gasteiger charge is 2.30. The summed E-state index contributed by atoms with van der Waals surface area (Å²) < 4.78 is 37.8. The highest BCUT2D eigenvalue weighted by atomic mass is 19.4. The summed E-state index contributed by atoms with van der Waals surface area (Å²) in [6, 6.07) is 4.31. The zero-order valence-corrected chi connectivity index (χ0v) is 11.7. The second-order valence-corrected chi connectivity index (χ2v) is 5.37. The average Bonchev–Trinajstić information content (AvgIpc) is 2.66. The molecule has 0 radical (unpaired) electrons. The molecular weight excluding hydrogens is 281 g/mol. The van der Waals surface area contributed by atoms with Crippen LogP contribution in [0.5, 0.6) is 0 Å². The molecule has 1 saturated carbocycles. The van der Waals surface area contributed by atoms with Crippen molar-refractivity contribution in [3.63, 3.8) is 0 Å². The van der Waals surface area contributed by atoms with Crippen LogP contribution in [0, 0.1) is 0 Å². The summed E-state index contributed by atoms with van der Waals surface area (Å²) in [6.45, 7) is 0. The number of alkyl halides is 3. The second-order valence-electron chi connectivity index (χ2n) is 5.37. The van der Waals surface area contributed by atoms with Crippen molar-refractivity contribution in [2.75, 3.05) is 5.32 Å². The van der Waals surface area contributed by atoms with Crippen LogP contribution < -0.4 is 10.6 Å². The Labute approximate surface area is 121 Å².